The van der Waals surface area contributed by atoms with Crippen LogP contribution in [0.3, 0.4) is 0 Å². The van der Waals surface area contributed by atoms with Gasteiger partial charge in [0.15, 0.2) is 5.54 Å². The first kappa shape index (κ1) is 18.2. The van der Waals surface area contributed by atoms with Gasteiger partial charge in [0.2, 0.25) is 5.91 Å². The van der Waals surface area contributed by atoms with Crippen molar-refractivity contribution in [3.63, 3.8) is 0 Å². The molecule has 0 heterocycles. The van der Waals surface area contributed by atoms with Gasteiger partial charge in [-0.15, -0.1) is 0 Å². The van der Waals surface area contributed by atoms with Crippen LogP contribution < -0.4 is 10.1 Å². The highest BCUT2D eigenvalue weighted by atomic mass is 35.5. The predicted molar refractivity (Wildman–Crippen MR) is 96.4 cm³/mol. The topological polar surface area (TPSA) is 62.1 Å². The minimum Gasteiger partial charge on any atom is -0.490 e. The van der Waals surface area contributed by atoms with E-state index in [4.69, 9.17) is 16.3 Å². The van der Waals surface area contributed by atoms with Crippen molar-refractivity contribution in [3.05, 3.63) is 64.9 Å². The van der Waals surface area contributed by atoms with Gasteiger partial charge in [0.1, 0.15) is 18.2 Å². The number of nitriles is 1. The van der Waals surface area contributed by atoms with Crippen LogP contribution in [0.5, 0.6) is 5.75 Å². The maximum absolute atomic E-state index is 14.1. The van der Waals surface area contributed by atoms with Crippen molar-refractivity contribution in [2.75, 3.05) is 6.61 Å². The van der Waals surface area contributed by atoms with Crippen molar-refractivity contribution in [3.8, 4) is 11.8 Å². The fourth-order valence-corrected chi connectivity index (χ4v) is 2.94. The van der Waals surface area contributed by atoms with E-state index in [2.05, 4.69) is 11.4 Å². The summed E-state index contributed by atoms with van der Waals surface area (Å²) >= 11 is 5.83. The van der Waals surface area contributed by atoms with Crippen molar-refractivity contribution in [2.45, 2.75) is 30.7 Å². The fourth-order valence-electron chi connectivity index (χ4n) is 2.82. The molecule has 1 N–H and O–H groups in total. The first-order chi connectivity index (χ1) is 12.4. The van der Waals surface area contributed by atoms with Crippen molar-refractivity contribution < 1.29 is 13.9 Å². The zero-order valence-corrected chi connectivity index (χ0v) is 15.0. The second-order valence-corrected chi connectivity index (χ2v) is 7.14. The molecule has 1 aliphatic carbocycles. The van der Waals surface area contributed by atoms with Crippen molar-refractivity contribution >= 4 is 17.5 Å². The Hall–Kier alpha value is -2.58. The van der Waals surface area contributed by atoms with Gasteiger partial charge in [-0.25, -0.2) is 4.39 Å². The molecule has 1 fully saturated rings. The maximum atomic E-state index is 14.1. The Morgan fingerprint density at radius 3 is 2.54 bits per heavy atom. The lowest BCUT2D eigenvalue weighted by Gasteiger charge is -2.26. The molecule has 134 valence electrons. The SMILES string of the molecule is CC(C#N)(COc1ccc(Cl)cc1)NC(=O)C1(c2ccccc2F)CC1. The molecule has 0 bridgehead atoms. The summed E-state index contributed by atoms with van der Waals surface area (Å²) in [6.45, 7) is 1.54. The third-order valence-electron chi connectivity index (χ3n) is 4.55. The molecule has 0 radical (unpaired) electrons. The van der Waals surface area contributed by atoms with Crippen LogP contribution in [0.1, 0.15) is 25.3 Å². The standard InChI is InChI=1S/C20H18ClFN2O2/c1-19(12-23,13-26-15-8-6-14(21)7-9-15)24-18(25)20(10-11-20)16-4-2-3-5-17(16)22/h2-9H,10-11,13H2,1H3,(H,24,25). The van der Waals surface area contributed by atoms with Gasteiger partial charge >= 0.3 is 0 Å². The van der Waals surface area contributed by atoms with Crippen LogP contribution in [0, 0.1) is 17.1 Å². The predicted octanol–water partition coefficient (Wildman–Crippen LogP) is 3.99. The number of hydrogen-bond acceptors (Lipinski definition) is 3. The molecule has 6 heteroatoms. The van der Waals surface area contributed by atoms with E-state index in [-0.39, 0.29) is 12.5 Å². The number of nitrogens with zero attached hydrogens (tertiary/aromatic N) is 1. The summed E-state index contributed by atoms with van der Waals surface area (Å²) in [5, 5.41) is 12.8. The third kappa shape index (κ3) is 3.66. The van der Waals surface area contributed by atoms with E-state index in [0.29, 0.717) is 29.2 Å². The molecule has 1 saturated carbocycles. The number of ether oxygens (including phenoxy) is 1. The lowest BCUT2D eigenvalue weighted by molar-refractivity contribution is -0.125. The average molecular weight is 373 g/mol. The summed E-state index contributed by atoms with van der Waals surface area (Å²) in [6, 6.07) is 15.1. The van der Waals surface area contributed by atoms with E-state index < -0.39 is 16.8 Å². The number of halogens is 2. The molecule has 1 amide bonds. The smallest absolute Gasteiger partial charge is 0.232 e. The van der Waals surface area contributed by atoms with E-state index >= 15 is 0 Å². The van der Waals surface area contributed by atoms with Crippen LogP contribution in [0.25, 0.3) is 0 Å². The monoisotopic (exact) mass is 372 g/mol. The highest BCUT2D eigenvalue weighted by molar-refractivity contribution is 6.30. The number of carbonyl (C=O) groups excluding carboxylic acids is 1. The first-order valence-corrected chi connectivity index (χ1v) is 8.64. The number of carbonyl (C=O) groups is 1. The first-order valence-electron chi connectivity index (χ1n) is 8.26. The summed E-state index contributed by atoms with van der Waals surface area (Å²) in [6.07, 6.45) is 1.11. The zero-order chi connectivity index (χ0) is 18.8. The zero-order valence-electron chi connectivity index (χ0n) is 14.3. The van der Waals surface area contributed by atoms with E-state index in [1.54, 1.807) is 49.4 Å². The molecule has 4 nitrogen and oxygen atoms in total. The molecule has 1 unspecified atom stereocenters. The van der Waals surface area contributed by atoms with Crippen molar-refractivity contribution in [1.82, 2.24) is 5.32 Å². The number of benzene rings is 2. The lowest BCUT2D eigenvalue weighted by Crippen LogP contribution is -2.52. The Morgan fingerprint density at radius 1 is 1.31 bits per heavy atom. The van der Waals surface area contributed by atoms with Crippen LogP contribution in [0.15, 0.2) is 48.5 Å². The number of rotatable bonds is 6. The highest BCUT2D eigenvalue weighted by Gasteiger charge is 2.54. The van der Waals surface area contributed by atoms with Gasteiger partial charge in [0, 0.05) is 10.6 Å². The van der Waals surface area contributed by atoms with Crippen LogP contribution in [-0.4, -0.2) is 18.1 Å². The molecule has 0 saturated heterocycles. The third-order valence-corrected chi connectivity index (χ3v) is 4.80. The molecule has 0 spiro atoms. The Labute approximate surface area is 156 Å². The second kappa shape index (κ2) is 6.97. The molecular formula is C20H18ClFN2O2. The summed E-state index contributed by atoms with van der Waals surface area (Å²) in [5.74, 6) is -0.219. The van der Waals surface area contributed by atoms with E-state index in [0.717, 1.165) is 0 Å². The molecule has 1 atom stereocenters. The Bertz CT molecular complexity index is 859. The van der Waals surface area contributed by atoms with Gasteiger partial charge in [-0.05, 0) is 50.1 Å². The summed E-state index contributed by atoms with van der Waals surface area (Å²) in [5.41, 5.74) is -1.77. The second-order valence-electron chi connectivity index (χ2n) is 6.70. The molecule has 0 aromatic heterocycles. The van der Waals surface area contributed by atoms with Crippen LogP contribution in [-0.2, 0) is 10.2 Å². The molecule has 3 rings (SSSR count). The summed E-state index contributed by atoms with van der Waals surface area (Å²) in [7, 11) is 0. The van der Waals surface area contributed by atoms with Gasteiger partial charge in [0.05, 0.1) is 11.5 Å². The maximum Gasteiger partial charge on any atom is 0.232 e. The minimum atomic E-state index is -1.24. The van der Waals surface area contributed by atoms with Gasteiger partial charge in [0.25, 0.3) is 0 Å². The van der Waals surface area contributed by atoms with E-state index in [1.165, 1.54) is 6.07 Å². The van der Waals surface area contributed by atoms with Gasteiger partial charge in [-0.3, -0.25) is 4.79 Å². The normalized spacial score (nSPS) is 16.8. The van der Waals surface area contributed by atoms with E-state index in [9.17, 15) is 14.4 Å². The molecule has 1 aliphatic rings. The van der Waals surface area contributed by atoms with Gasteiger partial charge < -0.3 is 10.1 Å². The van der Waals surface area contributed by atoms with Crippen molar-refractivity contribution in [1.29, 1.82) is 5.26 Å². The lowest BCUT2D eigenvalue weighted by atomic mass is 9.92. The van der Waals surface area contributed by atoms with Gasteiger partial charge in [-0.1, -0.05) is 29.8 Å². The minimum absolute atomic E-state index is 0.0375. The Balaban J connectivity index is 1.71. The number of hydrogen-bond donors (Lipinski definition) is 1. The highest BCUT2D eigenvalue weighted by Crippen LogP contribution is 2.49. The Morgan fingerprint density at radius 2 is 1.96 bits per heavy atom. The molecule has 26 heavy (non-hydrogen) atoms. The molecule has 0 aliphatic heterocycles. The molecule has 2 aromatic carbocycles. The molecular weight excluding hydrogens is 355 g/mol. The van der Waals surface area contributed by atoms with Crippen molar-refractivity contribution in [2.24, 2.45) is 0 Å². The summed E-state index contributed by atoms with van der Waals surface area (Å²) in [4.78, 5) is 12.8. The average Bonchev–Trinajstić information content (AvgIpc) is 3.43. The summed E-state index contributed by atoms with van der Waals surface area (Å²) < 4.78 is 19.7. The fraction of sp³-hybridized carbons (Fsp3) is 0.300. The number of nitrogens with one attached hydrogen (secondary N) is 1. The quantitative estimate of drug-likeness (QED) is 0.834. The van der Waals surface area contributed by atoms with Crippen LogP contribution in [0.4, 0.5) is 4.39 Å². The van der Waals surface area contributed by atoms with Crippen LogP contribution >= 0.6 is 11.6 Å². The van der Waals surface area contributed by atoms with E-state index in [1.807, 2.05) is 0 Å². The number of amides is 1. The van der Waals surface area contributed by atoms with Crippen LogP contribution in [0.2, 0.25) is 5.02 Å². The largest absolute Gasteiger partial charge is 0.490 e. The molecule has 2 aromatic rings. The Kier molecular flexibility index (Phi) is 4.88. The van der Waals surface area contributed by atoms with Gasteiger partial charge in [-0.2, -0.15) is 5.26 Å².